The zero-order valence-corrected chi connectivity index (χ0v) is 16.8. The predicted molar refractivity (Wildman–Crippen MR) is 110 cm³/mol. The quantitative estimate of drug-likeness (QED) is 0.737. The number of aromatic nitrogens is 6. The van der Waals surface area contributed by atoms with Crippen molar-refractivity contribution in [2.24, 2.45) is 7.05 Å². The number of carbonyl (C=O) groups is 1. The van der Waals surface area contributed by atoms with E-state index in [9.17, 15) is 4.79 Å². The molecule has 0 spiro atoms. The van der Waals surface area contributed by atoms with Crippen molar-refractivity contribution in [2.45, 2.75) is 26.3 Å². The van der Waals surface area contributed by atoms with Gasteiger partial charge in [0.25, 0.3) is 0 Å². The van der Waals surface area contributed by atoms with Gasteiger partial charge < -0.3 is 9.47 Å². The van der Waals surface area contributed by atoms with Crippen LogP contribution in [-0.2, 0) is 7.05 Å². The van der Waals surface area contributed by atoms with Crippen LogP contribution in [-0.4, -0.2) is 53.5 Å². The van der Waals surface area contributed by atoms with Crippen molar-refractivity contribution >= 4 is 17.4 Å². The Labute approximate surface area is 169 Å². The molecule has 0 radical (unpaired) electrons. The van der Waals surface area contributed by atoms with Gasteiger partial charge in [0.2, 0.25) is 0 Å². The molecular weight excluding hydrogens is 368 g/mol. The number of hydrogen-bond acceptors (Lipinski definition) is 5. The number of aryl methyl sites for hydroxylation is 1. The molecule has 1 aliphatic rings. The van der Waals surface area contributed by atoms with Crippen LogP contribution in [0, 0.1) is 0 Å². The number of hydrogen-bond donors (Lipinski definition) is 1. The van der Waals surface area contributed by atoms with Crippen LogP contribution in [0.3, 0.4) is 0 Å². The van der Waals surface area contributed by atoms with Crippen LogP contribution in [0.4, 0.5) is 10.6 Å². The lowest BCUT2D eigenvalue weighted by Crippen LogP contribution is -2.38. The van der Waals surface area contributed by atoms with Crippen molar-refractivity contribution in [1.29, 1.82) is 0 Å². The highest BCUT2D eigenvalue weighted by Gasteiger charge is 2.19. The molecule has 0 aromatic carbocycles. The predicted octanol–water partition coefficient (Wildman–Crippen LogP) is 2.98. The molecule has 9 heteroatoms. The number of nitrogens with zero attached hydrogens (tertiary/aromatic N) is 7. The molecule has 0 saturated carbocycles. The first-order valence-corrected chi connectivity index (χ1v) is 9.62. The van der Waals surface area contributed by atoms with Gasteiger partial charge in [-0.1, -0.05) is 12.1 Å². The molecule has 9 nitrogen and oxygen atoms in total. The average molecular weight is 392 g/mol. The topological polar surface area (TPSA) is 93.8 Å². The van der Waals surface area contributed by atoms with Gasteiger partial charge in [0.15, 0.2) is 5.82 Å². The molecule has 1 aliphatic heterocycles. The lowest BCUT2D eigenvalue weighted by molar-refractivity contribution is 0.217. The molecule has 4 heterocycles. The highest BCUT2D eigenvalue weighted by atomic mass is 16.2. The minimum absolute atomic E-state index is 0.165. The van der Waals surface area contributed by atoms with Crippen LogP contribution in [0.5, 0.6) is 0 Å². The smallest absolute Gasteiger partial charge is 0.320 e. The van der Waals surface area contributed by atoms with Gasteiger partial charge in [0.05, 0.1) is 6.20 Å². The van der Waals surface area contributed by atoms with E-state index in [-0.39, 0.29) is 12.1 Å². The van der Waals surface area contributed by atoms with Crippen molar-refractivity contribution in [3.05, 3.63) is 48.6 Å². The standard InChI is InChI=1S/C20H24N8O/c1-14(2)28-13-21-25-19(28)17-5-4-6-18(23-17)24-20(29)27-9-7-15(8-10-27)16-11-22-26(3)12-16/h4-7,11-14H,8-10H2,1-3H3,(H,23,24,29). The van der Waals surface area contributed by atoms with Gasteiger partial charge in [-0.2, -0.15) is 5.10 Å². The van der Waals surface area contributed by atoms with Gasteiger partial charge in [-0.3, -0.25) is 10.00 Å². The first kappa shape index (κ1) is 18.9. The fraction of sp³-hybridized carbons (Fsp3) is 0.350. The van der Waals surface area contributed by atoms with Gasteiger partial charge >= 0.3 is 6.03 Å². The normalized spacial score (nSPS) is 14.2. The summed E-state index contributed by atoms with van der Waals surface area (Å²) in [5.74, 6) is 1.17. The van der Waals surface area contributed by atoms with Crippen molar-refractivity contribution in [3.8, 4) is 11.5 Å². The number of urea groups is 1. The van der Waals surface area contributed by atoms with E-state index in [0.29, 0.717) is 30.4 Å². The monoisotopic (exact) mass is 392 g/mol. The zero-order valence-electron chi connectivity index (χ0n) is 16.8. The second-order valence-corrected chi connectivity index (χ2v) is 7.32. The summed E-state index contributed by atoms with van der Waals surface area (Å²) in [7, 11) is 1.90. The van der Waals surface area contributed by atoms with Crippen LogP contribution in [0.2, 0.25) is 0 Å². The number of pyridine rings is 1. The van der Waals surface area contributed by atoms with Gasteiger partial charge in [-0.25, -0.2) is 9.78 Å². The Bertz CT molecular complexity index is 1050. The van der Waals surface area contributed by atoms with Gasteiger partial charge in [-0.15, -0.1) is 10.2 Å². The zero-order chi connectivity index (χ0) is 20.4. The Morgan fingerprint density at radius 1 is 1.28 bits per heavy atom. The minimum atomic E-state index is -0.165. The molecule has 3 aromatic rings. The Kier molecular flexibility index (Phi) is 5.11. The van der Waals surface area contributed by atoms with Crippen molar-refractivity contribution < 1.29 is 4.79 Å². The molecule has 2 amide bonds. The van der Waals surface area contributed by atoms with E-state index < -0.39 is 0 Å². The summed E-state index contributed by atoms with van der Waals surface area (Å²) in [5, 5.41) is 15.3. The van der Waals surface area contributed by atoms with Crippen molar-refractivity contribution in [1.82, 2.24) is 34.4 Å². The molecule has 29 heavy (non-hydrogen) atoms. The Morgan fingerprint density at radius 3 is 2.83 bits per heavy atom. The fourth-order valence-electron chi connectivity index (χ4n) is 3.32. The van der Waals surface area contributed by atoms with E-state index in [1.54, 1.807) is 22.0 Å². The number of carbonyl (C=O) groups excluding carboxylic acids is 1. The molecule has 0 atom stereocenters. The van der Waals surface area contributed by atoms with Crippen molar-refractivity contribution in [3.63, 3.8) is 0 Å². The Hall–Kier alpha value is -3.49. The molecule has 0 unspecified atom stereocenters. The summed E-state index contributed by atoms with van der Waals surface area (Å²) in [6.07, 6.45) is 8.41. The summed E-state index contributed by atoms with van der Waals surface area (Å²) in [5.41, 5.74) is 3.00. The third-order valence-corrected chi connectivity index (χ3v) is 4.91. The third kappa shape index (κ3) is 4.03. The van der Waals surface area contributed by atoms with Crippen LogP contribution in [0.1, 0.15) is 31.9 Å². The minimum Gasteiger partial charge on any atom is -0.320 e. The van der Waals surface area contributed by atoms with Crippen LogP contribution < -0.4 is 5.32 Å². The lowest BCUT2D eigenvalue weighted by atomic mass is 10.0. The maximum Gasteiger partial charge on any atom is 0.323 e. The lowest BCUT2D eigenvalue weighted by Gasteiger charge is -2.26. The summed E-state index contributed by atoms with van der Waals surface area (Å²) < 4.78 is 3.73. The number of amides is 2. The molecule has 0 saturated heterocycles. The number of rotatable bonds is 4. The maximum absolute atomic E-state index is 12.7. The Morgan fingerprint density at radius 2 is 2.14 bits per heavy atom. The Balaban J connectivity index is 1.44. The van der Waals surface area contributed by atoms with Crippen LogP contribution >= 0.6 is 0 Å². The average Bonchev–Trinajstić information content (AvgIpc) is 3.37. The first-order chi connectivity index (χ1) is 14.0. The first-order valence-electron chi connectivity index (χ1n) is 9.62. The molecule has 0 bridgehead atoms. The SMILES string of the molecule is CC(C)n1cnnc1-c1cccc(NC(=O)N2CC=C(c3cnn(C)c3)CC2)n1. The van der Waals surface area contributed by atoms with Gasteiger partial charge in [0.1, 0.15) is 17.8 Å². The second kappa shape index (κ2) is 7.86. The number of anilines is 1. The third-order valence-electron chi connectivity index (χ3n) is 4.91. The molecule has 1 N–H and O–H groups in total. The molecule has 4 rings (SSSR count). The van der Waals surface area contributed by atoms with E-state index >= 15 is 0 Å². The maximum atomic E-state index is 12.7. The summed E-state index contributed by atoms with van der Waals surface area (Å²) in [4.78, 5) is 19.0. The van der Waals surface area contributed by atoms with Gasteiger partial charge in [-0.05, 0) is 38.0 Å². The highest BCUT2D eigenvalue weighted by molar-refractivity contribution is 5.89. The van der Waals surface area contributed by atoms with E-state index in [1.807, 2.05) is 36.1 Å². The molecule has 3 aromatic heterocycles. The van der Waals surface area contributed by atoms with Crippen LogP contribution in [0.15, 0.2) is 43.0 Å². The molecule has 0 fully saturated rings. The van der Waals surface area contributed by atoms with E-state index in [0.717, 1.165) is 12.0 Å². The molecule has 150 valence electrons. The summed E-state index contributed by atoms with van der Waals surface area (Å²) in [6, 6.07) is 5.55. The second-order valence-electron chi connectivity index (χ2n) is 7.32. The van der Waals surface area contributed by atoms with Crippen LogP contribution in [0.25, 0.3) is 17.1 Å². The number of nitrogens with one attached hydrogen (secondary N) is 1. The van der Waals surface area contributed by atoms with E-state index in [4.69, 9.17) is 0 Å². The highest BCUT2D eigenvalue weighted by Crippen LogP contribution is 2.23. The van der Waals surface area contributed by atoms with Gasteiger partial charge in [0, 0.05) is 37.9 Å². The molecular formula is C20H24N8O. The fourth-order valence-corrected chi connectivity index (χ4v) is 3.32. The largest absolute Gasteiger partial charge is 0.323 e. The molecule has 0 aliphatic carbocycles. The van der Waals surface area contributed by atoms with E-state index in [1.165, 1.54) is 5.57 Å². The summed E-state index contributed by atoms with van der Waals surface area (Å²) in [6.45, 7) is 5.32. The van der Waals surface area contributed by atoms with E-state index in [2.05, 4.69) is 45.5 Å². The summed E-state index contributed by atoms with van der Waals surface area (Å²) >= 11 is 0. The van der Waals surface area contributed by atoms with Crippen molar-refractivity contribution in [2.75, 3.05) is 18.4 Å².